The van der Waals surface area contributed by atoms with Crippen molar-refractivity contribution in [3.05, 3.63) is 64.2 Å². The van der Waals surface area contributed by atoms with Gasteiger partial charge in [0.1, 0.15) is 5.69 Å². The predicted octanol–water partition coefficient (Wildman–Crippen LogP) is 3.61. The number of nitro groups is 1. The maximum Gasteiger partial charge on any atom is 0.293 e. The van der Waals surface area contributed by atoms with Gasteiger partial charge in [-0.05, 0) is 43.0 Å². The molecule has 0 aromatic heterocycles. The summed E-state index contributed by atoms with van der Waals surface area (Å²) in [5.74, 6) is 0.115. The molecule has 1 saturated heterocycles. The Balaban J connectivity index is 1.81. The monoisotopic (exact) mass is 368 g/mol. The van der Waals surface area contributed by atoms with Gasteiger partial charge in [-0.1, -0.05) is 25.1 Å². The van der Waals surface area contributed by atoms with Crippen LogP contribution in [0.3, 0.4) is 0 Å². The minimum atomic E-state index is -0.410. The molecule has 2 aromatic rings. The van der Waals surface area contributed by atoms with Crippen LogP contribution in [0.5, 0.6) is 0 Å². The van der Waals surface area contributed by atoms with E-state index in [9.17, 15) is 14.9 Å². The lowest BCUT2D eigenvalue weighted by molar-refractivity contribution is -0.384. The molecule has 2 aromatic carbocycles. The summed E-state index contributed by atoms with van der Waals surface area (Å²) in [7, 11) is 1.73. The van der Waals surface area contributed by atoms with Crippen molar-refractivity contribution in [2.75, 3.05) is 30.0 Å². The number of piperidine rings is 1. The van der Waals surface area contributed by atoms with E-state index in [4.69, 9.17) is 0 Å². The molecular weight excluding hydrogens is 344 g/mol. The fourth-order valence-corrected chi connectivity index (χ4v) is 3.42. The molecule has 0 aliphatic carbocycles. The number of carbonyl (C=O) groups excluding carboxylic acids is 1. The highest BCUT2D eigenvalue weighted by Crippen LogP contribution is 2.32. The Hall–Kier alpha value is -3.09. The summed E-state index contributed by atoms with van der Waals surface area (Å²) in [5, 5.41) is 13.2. The molecule has 27 heavy (non-hydrogen) atoms. The third-order valence-corrected chi connectivity index (χ3v) is 4.84. The Kier molecular flexibility index (Phi) is 5.59. The fraction of sp³-hybridized carbons (Fsp3) is 0.350. The second-order valence-corrected chi connectivity index (χ2v) is 6.99. The second-order valence-electron chi connectivity index (χ2n) is 6.99. The van der Waals surface area contributed by atoms with Gasteiger partial charge in [-0.25, -0.2) is 0 Å². The molecule has 142 valence electrons. The molecule has 0 radical (unpaired) electrons. The molecule has 1 aliphatic rings. The van der Waals surface area contributed by atoms with Crippen molar-refractivity contribution in [3.63, 3.8) is 0 Å². The highest BCUT2D eigenvalue weighted by Gasteiger charge is 2.25. The smallest absolute Gasteiger partial charge is 0.293 e. The normalized spacial score (nSPS) is 16.7. The van der Waals surface area contributed by atoms with Crippen LogP contribution in [0.2, 0.25) is 0 Å². The van der Waals surface area contributed by atoms with Gasteiger partial charge in [0.2, 0.25) is 0 Å². The van der Waals surface area contributed by atoms with Gasteiger partial charge in [-0.3, -0.25) is 25.3 Å². The molecule has 0 bridgehead atoms. The van der Waals surface area contributed by atoms with Crippen molar-refractivity contribution >= 4 is 23.0 Å². The first-order chi connectivity index (χ1) is 13.0. The van der Waals surface area contributed by atoms with Crippen LogP contribution in [0, 0.1) is 16.0 Å². The zero-order valence-electron chi connectivity index (χ0n) is 15.6. The third-order valence-electron chi connectivity index (χ3n) is 4.84. The first-order valence-electron chi connectivity index (χ1n) is 9.09. The molecule has 1 unspecified atom stereocenters. The number of amides is 1. The first-order valence-corrected chi connectivity index (χ1v) is 9.09. The van der Waals surface area contributed by atoms with E-state index >= 15 is 0 Å². The van der Waals surface area contributed by atoms with E-state index in [1.54, 1.807) is 24.2 Å². The van der Waals surface area contributed by atoms with Crippen LogP contribution in [0.15, 0.2) is 48.5 Å². The van der Waals surface area contributed by atoms with Crippen molar-refractivity contribution in [1.82, 2.24) is 5.43 Å². The summed E-state index contributed by atoms with van der Waals surface area (Å²) in [5.41, 5.74) is 4.38. The van der Waals surface area contributed by atoms with E-state index in [-0.39, 0.29) is 17.2 Å². The summed E-state index contributed by atoms with van der Waals surface area (Å²) in [6, 6.07) is 14.1. The highest BCUT2D eigenvalue weighted by molar-refractivity contribution is 5.96. The molecule has 1 amide bonds. The molecule has 0 saturated carbocycles. The minimum Gasteiger partial charge on any atom is -0.366 e. The van der Waals surface area contributed by atoms with Crippen LogP contribution in [-0.4, -0.2) is 31.0 Å². The average molecular weight is 368 g/mol. The third kappa shape index (κ3) is 4.36. The lowest BCUT2D eigenvalue weighted by Crippen LogP contribution is -2.39. The summed E-state index contributed by atoms with van der Waals surface area (Å²) in [6.07, 6.45) is 2.15. The molecule has 1 aliphatic heterocycles. The maximum atomic E-state index is 12.6. The van der Waals surface area contributed by atoms with Gasteiger partial charge >= 0.3 is 0 Å². The number of nitro benzene ring substituents is 1. The lowest BCUT2D eigenvalue weighted by Gasteiger charge is -2.32. The van der Waals surface area contributed by atoms with Gasteiger partial charge in [-0.15, -0.1) is 0 Å². The van der Waals surface area contributed by atoms with Gasteiger partial charge in [0.15, 0.2) is 0 Å². The van der Waals surface area contributed by atoms with Crippen LogP contribution in [-0.2, 0) is 0 Å². The van der Waals surface area contributed by atoms with Crippen molar-refractivity contribution in [1.29, 1.82) is 0 Å². The molecule has 1 atom stereocenters. The van der Waals surface area contributed by atoms with E-state index in [0.29, 0.717) is 11.6 Å². The lowest BCUT2D eigenvalue weighted by atomic mass is 9.99. The summed E-state index contributed by atoms with van der Waals surface area (Å²) in [4.78, 5) is 25.8. The molecule has 7 heteroatoms. The van der Waals surface area contributed by atoms with Gasteiger partial charge in [0.25, 0.3) is 11.6 Å². The SMILES string of the molecule is CC1CCCN(c2ccc(C(=O)NN(C)c3ccccc3)cc2[N+](=O)[O-])C1. The Bertz CT molecular complexity index is 825. The summed E-state index contributed by atoms with van der Waals surface area (Å²) < 4.78 is 0. The number of rotatable bonds is 5. The van der Waals surface area contributed by atoms with Crippen molar-refractivity contribution in [3.8, 4) is 0 Å². The maximum absolute atomic E-state index is 12.6. The Morgan fingerprint density at radius 2 is 2.00 bits per heavy atom. The minimum absolute atomic E-state index is 0.0286. The number of hydrazine groups is 1. The van der Waals surface area contributed by atoms with E-state index in [1.807, 2.05) is 35.2 Å². The predicted molar refractivity (Wildman–Crippen MR) is 106 cm³/mol. The largest absolute Gasteiger partial charge is 0.366 e. The first kappa shape index (κ1) is 18.7. The quantitative estimate of drug-likeness (QED) is 0.644. The van der Waals surface area contributed by atoms with Crippen LogP contribution >= 0.6 is 0 Å². The van der Waals surface area contributed by atoms with Gasteiger partial charge < -0.3 is 4.90 Å². The number of para-hydroxylation sites is 1. The van der Waals surface area contributed by atoms with Crippen molar-refractivity contribution < 1.29 is 9.72 Å². The van der Waals surface area contributed by atoms with Crippen LogP contribution in [0.1, 0.15) is 30.1 Å². The van der Waals surface area contributed by atoms with Gasteiger partial charge in [-0.2, -0.15) is 0 Å². The van der Waals surface area contributed by atoms with Crippen LogP contribution < -0.4 is 15.3 Å². The van der Waals surface area contributed by atoms with Crippen LogP contribution in [0.4, 0.5) is 17.1 Å². The zero-order valence-corrected chi connectivity index (χ0v) is 15.6. The number of nitrogens with zero attached hydrogens (tertiary/aromatic N) is 3. The van der Waals surface area contributed by atoms with E-state index < -0.39 is 4.92 Å². The van der Waals surface area contributed by atoms with Gasteiger partial charge in [0.05, 0.1) is 10.6 Å². The fourth-order valence-electron chi connectivity index (χ4n) is 3.42. The van der Waals surface area contributed by atoms with Gasteiger partial charge in [0, 0.05) is 31.8 Å². The molecular formula is C20H24N4O3. The topological polar surface area (TPSA) is 78.7 Å². The Morgan fingerprint density at radius 1 is 1.26 bits per heavy atom. The highest BCUT2D eigenvalue weighted by atomic mass is 16.6. The van der Waals surface area contributed by atoms with Crippen molar-refractivity contribution in [2.45, 2.75) is 19.8 Å². The summed E-state index contributed by atoms with van der Waals surface area (Å²) >= 11 is 0. The number of carbonyl (C=O) groups is 1. The standard InChI is InChI=1S/C20H24N4O3/c1-15-7-6-12-23(14-15)18-11-10-16(13-19(18)24(26)27)20(25)21-22(2)17-8-4-3-5-9-17/h3-5,8-11,13,15H,6-7,12,14H2,1-2H3,(H,21,25). The van der Waals surface area contributed by atoms with Crippen molar-refractivity contribution in [2.24, 2.45) is 5.92 Å². The number of benzene rings is 2. The molecule has 1 heterocycles. The average Bonchev–Trinajstić information content (AvgIpc) is 2.68. The van der Waals surface area contributed by atoms with E-state index in [0.717, 1.165) is 31.6 Å². The number of anilines is 2. The van der Waals surface area contributed by atoms with E-state index in [2.05, 4.69) is 12.3 Å². The van der Waals surface area contributed by atoms with E-state index in [1.165, 1.54) is 6.07 Å². The number of nitrogens with one attached hydrogen (secondary N) is 1. The van der Waals surface area contributed by atoms with Crippen LogP contribution in [0.25, 0.3) is 0 Å². The number of hydrogen-bond donors (Lipinski definition) is 1. The molecule has 1 N–H and O–H groups in total. The molecule has 3 rings (SSSR count). The molecule has 7 nitrogen and oxygen atoms in total. The summed E-state index contributed by atoms with van der Waals surface area (Å²) in [6.45, 7) is 3.75. The Morgan fingerprint density at radius 3 is 2.67 bits per heavy atom. The Labute approximate surface area is 158 Å². The molecule has 0 spiro atoms. The second kappa shape index (κ2) is 8.07. The molecule has 1 fully saturated rings. The number of hydrogen-bond acceptors (Lipinski definition) is 5. The zero-order chi connectivity index (χ0) is 19.4.